The number of likely N-dealkylation sites (tertiary alicyclic amines) is 1. The number of piperidine rings is 1. The predicted molar refractivity (Wildman–Crippen MR) is 69.9 cm³/mol. The van der Waals surface area contributed by atoms with Crippen molar-refractivity contribution in [1.29, 1.82) is 0 Å². The third kappa shape index (κ3) is 3.98. The van der Waals surface area contributed by atoms with E-state index in [0.717, 1.165) is 19.6 Å². The molecular weight excluding hydrogens is 425 g/mol. The SMILES string of the molecule is Cc1ccc(CN2CCC([C](F)(F)[Tl])CC2)cc1. The molecule has 18 heavy (non-hydrogen) atoms. The van der Waals surface area contributed by atoms with Crippen LogP contribution < -0.4 is 0 Å². The van der Waals surface area contributed by atoms with Crippen molar-refractivity contribution < 1.29 is 8.78 Å². The fourth-order valence-electron chi connectivity index (χ4n) is 2.43. The summed E-state index contributed by atoms with van der Waals surface area (Å²) >= 11 is -0.226. The van der Waals surface area contributed by atoms with Crippen LogP contribution in [0.2, 0.25) is 0 Å². The molecule has 1 aromatic carbocycles. The van der Waals surface area contributed by atoms with Crippen molar-refractivity contribution in [2.75, 3.05) is 13.1 Å². The zero-order valence-corrected chi connectivity index (χ0v) is 15.2. The molecule has 1 aliphatic rings. The molecule has 0 bridgehead atoms. The van der Waals surface area contributed by atoms with E-state index in [1.54, 1.807) is 0 Å². The van der Waals surface area contributed by atoms with Crippen LogP contribution in [0.15, 0.2) is 24.3 Å². The Labute approximate surface area is 123 Å². The van der Waals surface area contributed by atoms with Gasteiger partial charge in [0, 0.05) is 0 Å². The van der Waals surface area contributed by atoms with Crippen LogP contribution in [0.1, 0.15) is 24.0 Å². The normalized spacial score (nSPS) is 19.0. The first-order valence-corrected chi connectivity index (χ1v) is 8.64. The van der Waals surface area contributed by atoms with E-state index in [0.29, 0.717) is 12.8 Å². The van der Waals surface area contributed by atoms with Crippen molar-refractivity contribution in [3.63, 3.8) is 0 Å². The fourth-order valence-corrected chi connectivity index (χ4v) is 3.72. The minimum absolute atomic E-state index is 0.226. The molecule has 1 saturated heterocycles. The van der Waals surface area contributed by atoms with E-state index < -0.39 is 3.48 Å². The molecule has 96 valence electrons. The molecule has 1 nitrogen and oxygen atoms in total. The summed E-state index contributed by atoms with van der Waals surface area (Å²) in [5.74, 6) is -0.364. The first-order valence-electron chi connectivity index (χ1n) is 6.40. The first kappa shape index (κ1) is 14.4. The van der Waals surface area contributed by atoms with Gasteiger partial charge in [0.1, 0.15) is 0 Å². The molecule has 0 N–H and O–H groups in total. The van der Waals surface area contributed by atoms with Crippen molar-refractivity contribution in [1.82, 2.24) is 4.90 Å². The Morgan fingerprint density at radius 3 is 2.28 bits per heavy atom. The van der Waals surface area contributed by atoms with E-state index in [4.69, 9.17) is 0 Å². The molecule has 2 rings (SSSR count). The summed E-state index contributed by atoms with van der Waals surface area (Å²) in [4.78, 5) is 2.29. The van der Waals surface area contributed by atoms with Crippen LogP contribution in [0, 0.1) is 12.8 Å². The summed E-state index contributed by atoms with van der Waals surface area (Å²) in [5, 5.41) is 0. The number of hydrogen-bond donors (Lipinski definition) is 0. The van der Waals surface area contributed by atoms with Gasteiger partial charge in [-0.05, 0) is 0 Å². The molecule has 0 aliphatic carbocycles. The number of hydrogen-bond acceptors (Lipinski definition) is 1. The van der Waals surface area contributed by atoms with Crippen LogP contribution in [-0.4, -0.2) is 47.2 Å². The summed E-state index contributed by atoms with van der Waals surface area (Å²) in [7, 11) is 0. The standard InChI is InChI=1S/C14H18F2N.Tl/c1-11-2-4-12(5-3-11)10-17-8-6-13(7-9-17)14(15)16;/h2-5,13H,6-10H2,1H3;. The van der Waals surface area contributed by atoms with Crippen molar-refractivity contribution in [3.8, 4) is 0 Å². The summed E-state index contributed by atoms with van der Waals surface area (Å²) < 4.78 is 24.2. The molecule has 1 aromatic rings. The van der Waals surface area contributed by atoms with Crippen LogP contribution in [0.25, 0.3) is 0 Å². The second-order valence-corrected chi connectivity index (χ2v) is 8.20. The Morgan fingerprint density at radius 1 is 1.22 bits per heavy atom. The molecule has 0 aromatic heterocycles. The monoisotopic (exact) mass is 443 g/mol. The third-order valence-corrected chi connectivity index (χ3v) is 5.49. The second-order valence-electron chi connectivity index (χ2n) is 5.21. The van der Waals surface area contributed by atoms with Gasteiger partial charge in [0.2, 0.25) is 0 Å². The molecule has 0 saturated carbocycles. The van der Waals surface area contributed by atoms with Crippen LogP contribution in [0.3, 0.4) is 0 Å². The number of nitrogens with zero attached hydrogens (tertiary/aromatic N) is 1. The molecule has 0 amide bonds. The van der Waals surface area contributed by atoms with Gasteiger partial charge in [-0.3, -0.25) is 0 Å². The number of rotatable bonds is 3. The van der Waals surface area contributed by atoms with Crippen LogP contribution in [0.5, 0.6) is 0 Å². The van der Waals surface area contributed by atoms with Gasteiger partial charge in [0.25, 0.3) is 0 Å². The van der Waals surface area contributed by atoms with Gasteiger partial charge < -0.3 is 0 Å². The van der Waals surface area contributed by atoms with E-state index >= 15 is 0 Å². The first-order chi connectivity index (χ1) is 8.45. The number of alkyl halides is 2. The minimum atomic E-state index is -2.35. The van der Waals surface area contributed by atoms with Crippen molar-refractivity contribution in [3.05, 3.63) is 35.4 Å². The molecule has 0 spiro atoms. The molecule has 1 fully saturated rings. The predicted octanol–water partition coefficient (Wildman–Crippen LogP) is 2.97. The molecule has 0 unspecified atom stereocenters. The molecule has 0 atom stereocenters. The summed E-state index contributed by atoms with van der Waals surface area (Å²) in [5.41, 5.74) is 2.53. The zero-order chi connectivity index (χ0) is 13.2. The molecule has 1 heterocycles. The summed E-state index contributed by atoms with van der Waals surface area (Å²) in [6.45, 7) is 4.58. The molecule has 0 radical (unpaired) electrons. The quantitative estimate of drug-likeness (QED) is 0.651. The van der Waals surface area contributed by atoms with Crippen LogP contribution in [0.4, 0.5) is 8.78 Å². The maximum absolute atomic E-state index is 13.3. The van der Waals surface area contributed by atoms with Crippen molar-refractivity contribution in [2.24, 2.45) is 5.92 Å². The average molecular weight is 443 g/mol. The van der Waals surface area contributed by atoms with Crippen LogP contribution in [-0.2, 0) is 6.54 Å². The Kier molecular flexibility index (Phi) is 4.75. The topological polar surface area (TPSA) is 3.24 Å². The van der Waals surface area contributed by atoms with E-state index in [-0.39, 0.29) is 31.7 Å². The second kappa shape index (κ2) is 5.94. The van der Waals surface area contributed by atoms with Gasteiger partial charge in [-0.1, -0.05) is 0 Å². The van der Waals surface area contributed by atoms with Gasteiger partial charge in [0.05, 0.1) is 0 Å². The van der Waals surface area contributed by atoms with Gasteiger partial charge in [-0.2, -0.15) is 0 Å². The Bertz CT molecular complexity index is 378. The van der Waals surface area contributed by atoms with Crippen molar-refractivity contribution >= 4 is 25.8 Å². The zero-order valence-electron chi connectivity index (χ0n) is 10.7. The van der Waals surface area contributed by atoms with Crippen molar-refractivity contribution in [2.45, 2.75) is 29.8 Å². The van der Waals surface area contributed by atoms with E-state index in [1.807, 2.05) is 0 Å². The number of aryl methyl sites for hydroxylation is 1. The van der Waals surface area contributed by atoms with E-state index in [1.165, 1.54) is 11.1 Å². The van der Waals surface area contributed by atoms with Gasteiger partial charge in [0.15, 0.2) is 0 Å². The maximum atomic E-state index is 13.3. The van der Waals surface area contributed by atoms with Gasteiger partial charge in [-0.25, -0.2) is 0 Å². The average Bonchev–Trinajstić information content (AvgIpc) is 2.32. The Balaban J connectivity index is 1.85. The summed E-state index contributed by atoms with van der Waals surface area (Å²) in [6.07, 6.45) is 1.30. The fraction of sp³-hybridized carbons (Fsp3) is 0.571. The Morgan fingerprint density at radius 2 is 1.78 bits per heavy atom. The Hall–Kier alpha value is -0.0379. The molecular formula is C14H18F2NTl. The number of halogens is 2. The summed E-state index contributed by atoms with van der Waals surface area (Å²) in [6, 6.07) is 8.47. The van der Waals surface area contributed by atoms with Crippen LogP contribution >= 0.6 is 0 Å². The molecule has 1 aliphatic heterocycles. The van der Waals surface area contributed by atoms with E-state index in [9.17, 15) is 8.78 Å². The molecule has 4 heteroatoms. The van der Waals surface area contributed by atoms with E-state index in [2.05, 4.69) is 36.1 Å². The third-order valence-electron chi connectivity index (χ3n) is 3.66. The van der Waals surface area contributed by atoms with Gasteiger partial charge in [-0.15, -0.1) is 0 Å². The number of benzene rings is 1. The van der Waals surface area contributed by atoms with Gasteiger partial charge >= 0.3 is 124 Å².